The van der Waals surface area contributed by atoms with Gasteiger partial charge in [-0.25, -0.2) is 0 Å². The second kappa shape index (κ2) is 2.57. The molecule has 1 aliphatic rings. The van der Waals surface area contributed by atoms with Gasteiger partial charge < -0.3 is 5.11 Å². The fourth-order valence-corrected chi connectivity index (χ4v) is 2.03. The van der Waals surface area contributed by atoms with Crippen LogP contribution in [0.25, 0.3) is 0 Å². The van der Waals surface area contributed by atoms with Gasteiger partial charge in [0.1, 0.15) is 4.60 Å². The van der Waals surface area contributed by atoms with E-state index in [0.717, 1.165) is 23.1 Å². The highest BCUT2D eigenvalue weighted by Crippen LogP contribution is 2.47. The molecule has 0 spiro atoms. The Hall–Kier alpha value is -0.350. The molecule has 1 aromatic rings. The highest BCUT2D eigenvalue weighted by molar-refractivity contribution is 9.10. The van der Waals surface area contributed by atoms with E-state index in [4.69, 9.17) is 0 Å². The predicted molar refractivity (Wildman–Crippen MR) is 48.9 cm³/mol. The van der Waals surface area contributed by atoms with Gasteiger partial charge in [-0.05, 0) is 34.8 Å². The second-order valence-corrected chi connectivity index (χ2v) is 4.23. The van der Waals surface area contributed by atoms with Crippen LogP contribution in [0, 0.1) is 0 Å². The number of aromatic nitrogens is 2. The lowest BCUT2D eigenvalue weighted by molar-refractivity contribution is 0.249. The Morgan fingerprint density at radius 3 is 2.75 bits per heavy atom. The van der Waals surface area contributed by atoms with Crippen molar-refractivity contribution in [2.24, 2.45) is 7.05 Å². The van der Waals surface area contributed by atoms with Gasteiger partial charge >= 0.3 is 0 Å². The van der Waals surface area contributed by atoms with Crippen LogP contribution in [0.2, 0.25) is 0 Å². The van der Waals surface area contributed by atoms with Crippen LogP contribution in [0.5, 0.6) is 0 Å². The van der Waals surface area contributed by atoms with Crippen LogP contribution >= 0.6 is 15.9 Å². The maximum atomic E-state index is 9.19. The van der Waals surface area contributed by atoms with Crippen molar-refractivity contribution in [2.75, 3.05) is 6.61 Å². The third-order valence-corrected chi connectivity index (χ3v) is 2.94. The molecule has 0 aromatic carbocycles. The third-order valence-electron chi connectivity index (χ3n) is 2.55. The smallest absolute Gasteiger partial charge is 0.128 e. The number of halogens is 1. The van der Waals surface area contributed by atoms with Crippen molar-refractivity contribution in [3.63, 3.8) is 0 Å². The summed E-state index contributed by atoms with van der Waals surface area (Å²) in [4.78, 5) is 0. The first-order chi connectivity index (χ1) is 5.68. The molecule has 0 aliphatic heterocycles. The molecule has 1 aromatic heterocycles. The fourth-order valence-electron chi connectivity index (χ4n) is 1.57. The Bertz CT molecular complexity index is 304. The SMILES string of the molecule is Cn1nc(Br)cc1C1(CO)CC1. The van der Waals surface area contributed by atoms with Crippen molar-refractivity contribution in [1.29, 1.82) is 0 Å². The van der Waals surface area contributed by atoms with E-state index in [0.29, 0.717) is 0 Å². The van der Waals surface area contributed by atoms with E-state index in [1.165, 1.54) is 0 Å². The molecule has 0 atom stereocenters. The molecule has 12 heavy (non-hydrogen) atoms. The molecule has 4 heteroatoms. The summed E-state index contributed by atoms with van der Waals surface area (Å²) < 4.78 is 2.69. The average Bonchev–Trinajstić information content (AvgIpc) is 2.74. The van der Waals surface area contributed by atoms with Gasteiger partial charge in [0.2, 0.25) is 0 Å². The Morgan fingerprint density at radius 1 is 1.75 bits per heavy atom. The molecule has 0 bridgehead atoms. The van der Waals surface area contributed by atoms with Crippen LogP contribution in [0.3, 0.4) is 0 Å². The average molecular weight is 231 g/mol. The van der Waals surface area contributed by atoms with Gasteiger partial charge in [-0.3, -0.25) is 4.68 Å². The lowest BCUT2D eigenvalue weighted by Gasteiger charge is -2.10. The summed E-state index contributed by atoms with van der Waals surface area (Å²) in [6.45, 7) is 0.235. The first-order valence-corrected chi connectivity index (χ1v) is 4.78. The van der Waals surface area contributed by atoms with Crippen LogP contribution in [-0.2, 0) is 12.5 Å². The van der Waals surface area contributed by atoms with Gasteiger partial charge in [-0.15, -0.1) is 0 Å². The molecule has 0 radical (unpaired) electrons. The van der Waals surface area contributed by atoms with Crippen LogP contribution in [0.15, 0.2) is 10.7 Å². The van der Waals surface area contributed by atoms with Crippen LogP contribution in [-0.4, -0.2) is 21.5 Å². The molecule has 1 aliphatic carbocycles. The van der Waals surface area contributed by atoms with Gasteiger partial charge in [-0.2, -0.15) is 5.10 Å². The Balaban J connectivity index is 2.39. The van der Waals surface area contributed by atoms with E-state index in [-0.39, 0.29) is 12.0 Å². The van der Waals surface area contributed by atoms with Crippen LogP contribution in [0.1, 0.15) is 18.5 Å². The van der Waals surface area contributed by atoms with Crippen molar-refractivity contribution >= 4 is 15.9 Å². The number of aryl methyl sites for hydroxylation is 1. The highest BCUT2D eigenvalue weighted by atomic mass is 79.9. The number of nitrogens with zero attached hydrogens (tertiary/aromatic N) is 2. The zero-order chi connectivity index (χ0) is 8.77. The number of hydrogen-bond acceptors (Lipinski definition) is 2. The zero-order valence-electron chi connectivity index (χ0n) is 6.92. The highest BCUT2D eigenvalue weighted by Gasteiger charge is 2.46. The molecule has 0 unspecified atom stereocenters. The monoisotopic (exact) mass is 230 g/mol. The van der Waals surface area contributed by atoms with Gasteiger partial charge in [0, 0.05) is 18.2 Å². The molecule has 1 fully saturated rings. The zero-order valence-corrected chi connectivity index (χ0v) is 8.50. The molecule has 1 heterocycles. The van der Waals surface area contributed by atoms with E-state index >= 15 is 0 Å². The van der Waals surface area contributed by atoms with Crippen LogP contribution in [0.4, 0.5) is 0 Å². The number of hydrogen-bond donors (Lipinski definition) is 1. The molecule has 0 saturated heterocycles. The lowest BCUT2D eigenvalue weighted by atomic mass is 10.0. The summed E-state index contributed by atoms with van der Waals surface area (Å²) in [6, 6.07) is 1.99. The Labute approximate surface area is 79.5 Å². The first kappa shape index (κ1) is 8.26. The molecule has 1 N–H and O–H groups in total. The van der Waals surface area contributed by atoms with E-state index in [2.05, 4.69) is 21.0 Å². The van der Waals surface area contributed by atoms with Gasteiger partial charge in [0.05, 0.1) is 6.61 Å². The normalized spacial score (nSPS) is 19.6. The standard InChI is InChI=1S/C8H11BrN2O/c1-11-6(4-7(9)10-11)8(5-12)2-3-8/h4,12H,2-3,5H2,1H3. The van der Waals surface area contributed by atoms with Crippen LogP contribution < -0.4 is 0 Å². The molecular formula is C8H11BrN2O. The van der Waals surface area contributed by atoms with Crippen molar-refractivity contribution in [2.45, 2.75) is 18.3 Å². The topological polar surface area (TPSA) is 38.0 Å². The minimum atomic E-state index is 0.0216. The lowest BCUT2D eigenvalue weighted by Crippen LogP contribution is -2.16. The van der Waals surface area contributed by atoms with E-state index in [9.17, 15) is 5.11 Å². The second-order valence-electron chi connectivity index (χ2n) is 3.41. The Kier molecular flexibility index (Phi) is 1.77. The fraction of sp³-hybridized carbons (Fsp3) is 0.625. The van der Waals surface area contributed by atoms with Gasteiger partial charge in [-0.1, -0.05) is 0 Å². The predicted octanol–water partition coefficient (Wildman–Crippen LogP) is 1.21. The van der Waals surface area contributed by atoms with Crippen molar-refractivity contribution < 1.29 is 5.11 Å². The molecular weight excluding hydrogens is 220 g/mol. The van der Waals surface area contributed by atoms with Gasteiger partial charge in [0.25, 0.3) is 0 Å². The first-order valence-electron chi connectivity index (χ1n) is 3.99. The summed E-state index contributed by atoms with van der Waals surface area (Å²) >= 11 is 3.32. The van der Waals surface area contributed by atoms with Crippen molar-refractivity contribution in [1.82, 2.24) is 9.78 Å². The molecule has 1 saturated carbocycles. The number of aliphatic hydroxyl groups excluding tert-OH is 1. The van der Waals surface area contributed by atoms with Crippen molar-refractivity contribution in [3.8, 4) is 0 Å². The molecule has 3 nitrogen and oxygen atoms in total. The molecule has 0 amide bonds. The third kappa shape index (κ3) is 1.10. The van der Waals surface area contributed by atoms with Gasteiger partial charge in [0.15, 0.2) is 0 Å². The summed E-state index contributed by atoms with van der Waals surface area (Å²) in [6.07, 6.45) is 2.16. The Morgan fingerprint density at radius 2 is 2.42 bits per heavy atom. The minimum absolute atomic E-state index is 0.0216. The van der Waals surface area contributed by atoms with E-state index in [1.807, 2.05) is 17.8 Å². The summed E-state index contributed by atoms with van der Waals surface area (Å²) in [5.74, 6) is 0. The number of rotatable bonds is 2. The maximum Gasteiger partial charge on any atom is 0.128 e. The molecule has 2 rings (SSSR count). The summed E-state index contributed by atoms with van der Waals surface area (Å²) in [7, 11) is 1.91. The largest absolute Gasteiger partial charge is 0.395 e. The summed E-state index contributed by atoms with van der Waals surface area (Å²) in [5, 5.41) is 13.4. The summed E-state index contributed by atoms with van der Waals surface area (Å²) in [5.41, 5.74) is 1.16. The number of aliphatic hydroxyl groups is 1. The van der Waals surface area contributed by atoms with E-state index in [1.54, 1.807) is 0 Å². The van der Waals surface area contributed by atoms with E-state index < -0.39 is 0 Å². The quantitative estimate of drug-likeness (QED) is 0.830. The molecule has 66 valence electrons. The maximum absolute atomic E-state index is 9.19. The minimum Gasteiger partial charge on any atom is -0.395 e. The van der Waals surface area contributed by atoms with Crippen molar-refractivity contribution in [3.05, 3.63) is 16.4 Å².